The second-order valence-electron chi connectivity index (χ2n) is 4.57. The van der Waals surface area contributed by atoms with Crippen LogP contribution in [0.3, 0.4) is 0 Å². The molecule has 6 nitrogen and oxygen atoms in total. The van der Waals surface area contributed by atoms with Gasteiger partial charge < -0.3 is 14.9 Å². The summed E-state index contributed by atoms with van der Waals surface area (Å²) < 4.78 is 5.02. The number of hydrogen-bond acceptors (Lipinski definition) is 4. The minimum atomic E-state index is -1.03. The van der Waals surface area contributed by atoms with Crippen LogP contribution in [0.25, 0.3) is 0 Å². The third kappa shape index (κ3) is 4.53. The van der Waals surface area contributed by atoms with Crippen molar-refractivity contribution >= 4 is 11.9 Å². The van der Waals surface area contributed by atoms with Gasteiger partial charge in [0.05, 0.1) is 5.69 Å². The summed E-state index contributed by atoms with van der Waals surface area (Å²) in [4.78, 5) is 22.8. The van der Waals surface area contributed by atoms with Crippen molar-refractivity contribution in [1.29, 1.82) is 0 Å². The molecule has 0 saturated heterocycles. The molecule has 1 unspecified atom stereocenters. The van der Waals surface area contributed by atoms with E-state index in [1.807, 2.05) is 6.92 Å². The summed E-state index contributed by atoms with van der Waals surface area (Å²) in [5.74, 6) is -0.630. The Labute approximate surface area is 117 Å². The normalized spacial score (nSPS) is 12.6. The maximum absolute atomic E-state index is 11.8. The van der Waals surface area contributed by atoms with E-state index >= 15 is 0 Å². The quantitative estimate of drug-likeness (QED) is 0.742. The lowest BCUT2D eigenvalue weighted by Gasteiger charge is -2.12. The Bertz CT molecular complexity index is 486. The van der Waals surface area contributed by atoms with E-state index in [1.165, 1.54) is 0 Å². The smallest absolute Gasteiger partial charge is 0.326 e. The number of amides is 1. The van der Waals surface area contributed by atoms with Crippen LogP contribution in [-0.2, 0) is 16.0 Å². The second kappa shape index (κ2) is 7.47. The number of carboxylic acid groups (broad SMARTS) is 1. The lowest BCUT2D eigenvalue weighted by Crippen LogP contribution is -2.40. The summed E-state index contributed by atoms with van der Waals surface area (Å²) >= 11 is 0. The zero-order valence-corrected chi connectivity index (χ0v) is 12.0. The summed E-state index contributed by atoms with van der Waals surface area (Å²) in [5.41, 5.74) is 1.67. The first-order valence-corrected chi connectivity index (χ1v) is 6.50. The number of carbonyl (C=O) groups excluding carboxylic acids is 1. The van der Waals surface area contributed by atoms with E-state index in [-0.39, 0.29) is 18.7 Å². The number of nitrogens with one attached hydrogen (secondary N) is 1. The van der Waals surface area contributed by atoms with E-state index in [2.05, 4.69) is 10.5 Å². The van der Waals surface area contributed by atoms with Gasteiger partial charge in [0.1, 0.15) is 11.8 Å². The Morgan fingerprint density at radius 2 is 2.15 bits per heavy atom. The number of allylic oxidation sites excluding steroid dienone is 1. The van der Waals surface area contributed by atoms with Gasteiger partial charge in [-0.25, -0.2) is 4.79 Å². The molecule has 0 aliphatic heterocycles. The van der Waals surface area contributed by atoms with E-state index in [0.717, 1.165) is 11.3 Å². The molecule has 1 amide bonds. The third-order valence-electron chi connectivity index (χ3n) is 3.02. The number of aryl methyl sites for hydroxylation is 2. The summed E-state index contributed by atoms with van der Waals surface area (Å²) in [5, 5.41) is 15.3. The molecule has 0 fully saturated rings. The monoisotopic (exact) mass is 280 g/mol. The summed E-state index contributed by atoms with van der Waals surface area (Å²) in [7, 11) is 0. The average Bonchev–Trinajstić information content (AvgIpc) is 2.71. The Morgan fingerprint density at radius 1 is 1.45 bits per heavy atom. The van der Waals surface area contributed by atoms with Crippen molar-refractivity contribution in [1.82, 2.24) is 10.5 Å². The summed E-state index contributed by atoms with van der Waals surface area (Å²) in [6.45, 7) is 5.41. The first-order valence-electron chi connectivity index (χ1n) is 6.50. The molecule has 6 heteroatoms. The Hall–Kier alpha value is -2.11. The number of nitrogens with zero attached hydrogens (tertiary/aromatic N) is 1. The van der Waals surface area contributed by atoms with Crippen LogP contribution in [0.1, 0.15) is 36.8 Å². The molecule has 0 aromatic carbocycles. The number of aromatic nitrogens is 1. The fourth-order valence-corrected chi connectivity index (χ4v) is 1.86. The maximum atomic E-state index is 11.8. The number of rotatable bonds is 7. The average molecular weight is 280 g/mol. The van der Waals surface area contributed by atoms with Gasteiger partial charge in [0.15, 0.2) is 0 Å². The SMILES string of the molecule is C/C=C/CC(NC(=O)CCc1c(C)noc1C)C(=O)O. The molecular weight excluding hydrogens is 260 g/mol. The molecule has 20 heavy (non-hydrogen) atoms. The molecule has 0 bridgehead atoms. The van der Waals surface area contributed by atoms with Gasteiger partial charge in [0.25, 0.3) is 0 Å². The van der Waals surface area contributed by atoms with Gasteiger partial charge in [-0.05, 0) is 33.6 Å². The van der Waals surface area contributed by atoms with E-state index in [4.69, 9.17) is 9.63 Å². The molecule has 110 valence electrons. The first kappa shape index (κ1) is 15.9. The highest BCUT2D eigenvalue weighted by atomic mass is 16.5. The van der Waals surface area contributed by atoms with Crippen LogP contribution >= 0.6 is 0 Å². The molecule has 0 saturated carbocycles. The molecule has 0 radical (unpaired) electrons. The Balaban J connectivity index is 2.52. The summed E-state index contributed by atoms with van der Waals surface area (Å²) in [6, 6.07) is -0.886. The third-order valence-corrected chi connectivity index (χ3v) is 3.02. The number of hydrogen-bond donors (Lipinski definition) is 2. The fourth-order valence-electron chi connectivity index (χ4n) is 1.86. The minimum absolute atomic E-state index is 0.211. The number of carboxylic acids is 1. The van der Waals surface area contributed by atoms with E-state index in [9.17, 15) is 9.59 Å². The fraction of sp³-hybridized carbons (Fsp3) is 0.500. The molecule has 2 N–H and O–H groups in total. The van der Waals surface area contributed by atoms with Crippen LogP contribution in [0.5, 0.6) is 0 Å². The lowest BCUT2D eigenvalue weighted by molar-refractivity contribution is -0.141. The second-order valence-corrected chi connectivity index (χ2v) is 4.57. The highest BCUT2D eigenvalue weighted by Crippen LogP contribution is 2.14. The molecular formula is C14H20N2O4. The molecule has 1 rings (SSSR count). The predicted molar refractivity (Wildman–Crippen MR) is 73.3 cm³/mol. The topological polar surface area (TPSA) is 92.4 Å². The van der Waals surface area contributed by atoms with E-state index < -0.39 is 12.0 Å². The van der Waals surface area contributed by atoms with Crippen molar-refractivity contribution in [2.45, 2.75) is 46.1 Å². The van der Waals surface area contributed by atoms with Crippen LogP contribution in [0.2, 0.25) is 0 Å². The number of carbonyl (C=O) groups is 2. The highest BCUT2D eigenvalue weighted by Gasteiger charge is 2.19. The van der Waals surface area contributed by atoms with Crippen molar-refractivity contribution in [2.75, 3.05) is 0 Å². The molecule has 1 aromatic rings. The Morgan fingerprint density at radius 3 is 2.65 bits per heavy atom. The van der Waals surface area contributed by atoms with Gasteiger partial charge in [0.2, 0.25) is 5.91 Å². The van der Waals surface area contributed by atoms with Crippen molar-refractivity contribution in [3.63, 3.8) is 0 Å². The van der Waals surface area contributed by atoms with E-state index in [0.29, 0.717) is 12.2 Å². The molecule has 0 aliphatic rings. The molecule has 0 spiro atoms. The summed E-state index contributed by atoms with van der Waals surface area (Å²) in [6.07, 6.45) is 4.45. The van der Waals surface area contributed by atoms with Crippen LogP contribution < -0.4 is 5.32 Å². The van der Waals surface area contributed by atoms with Crippen molar-refractivity contribution in [3.05, 3.63) is 29.2 Å². The van der Waals surface area contributed by atoms with Crippen LogP contribution in [-0.4, -0.2) is 28.2 Å². The van der Waals surface area contributed by atoms with Crippen LogP contribution in [0.15, 0.2) is 16.7 Å². The predicted octanol–water partition coefficient (Wildman–Crippen LogP) is 1.76. The van der Waals surface area contributed by atoms with Crippen molar-refractivity contribution in [2.24, 2.45) is 0 Å². The first-order chi connectivity index (χ1) is 9.45. The van der Waals surface area contributed by atoms with E-state index in [1.54, 1.807) is 26.0 Å². The standard InChI is InChI=1S/C14H20N2O4/c1-4-5-6-12(14(18)19)15-13(17)8-7-11-9(2)16-20-10(11)3/h4-5,12H,6-8H2,1-3H3,(H,15,17)(H,18,19)/b5-4+. The van der Waals surface area contributed by atoms with Crippen LogP contribution in [0.4, 0.5) is 0 Å². The van der Waals surface area contributed by atoms with Gasteiger partial charge >= 0.3 is 5.97 Å². The van der Waals surface area contributed by atoms with Gasteiger partial charge in [-0.1, -0.05) is 17.3 Å². The van der Waals surface area contributed by atoms with Crippen LogP contribution in [0, 0.1) is 13.8 Å². The highest BCUT2D eigenvalue weighted by molar-refractivity contribution is 5.83. The molecule has 1 atom stereocenters. The lowest BCUT2D eigenvalue weighted by atomic mass is 10.1. The molecule has 1 heterocycles. The van der Waals surface area contributed by atoms with Crippen molar-refractivity contribution < 1.29 is 19.2 Å². The molecule has 0 aliphatic carbocycles. The number of aliphatic carboxylic acids is 1. The minimum Gasteiger partial charge on any atom is -0.480 e. The largest absolute Gasteiger partial charge is 0.480 e. The zero-order chi connectivity index (χ0) is 15.1. The zero-order valence-electron chi connectivity index (χ0n) is 12.0. The van der Waals surface area contributed by atoms with Crippen molar-refractivity contribution in [3.8, 4) is 0 Å². The van der Waals surface area contributed by atoms with Gasteiger partial charge in [-0.3, -0.25) is 4.79 Å². The van der Waals surface area contributed by atoms with Gasteiger partial charge in [0, 0.05) is 12.0 Å². The maximum Gasteiger partial charge on any atom is 0.326 e. The van der Waals surface area contributed by atoms with Gasteiger partial charge in [-0.2, -0.15) is 0 Å². The molecule has 1 aromatic heterocycles. The Kier molecular flexibility index (Phi) is 5.96. The van der Waals surface area contributed by atoms with Gasteiger partial charge in [-0.15, -0.1) is 0 Å².